The number of primary amides is 1. The van der Waals surface area contributed by atoms with E-state index in [0.29, 0.717) is 18.0 Å². The molecule has 0 bridgehead atoms. The molecule has 8 heavy (non-hydrogen) atoms. The summed E-state index contributed by atoms with van der Waals surface area (Å²) in [4.78, 5) is 9.99. The molecule has 0 aliphatic carbocycles. The fourth-order valence-electron chi connectivity index (χ4n) is 0.322. The first-order valence-corrected chi connectivity index (χ1v) is 2.44. The second kappa shape index (κ2) is 3.26. The molecule has 4 heteroatoms. The van der Waals surface area contributed by atoms with Crippen LogP contribution in [-0.4, -0.2) is 22.8 Å². The van der Waals surface area contributed by atoms with Gasteiger partial charge in [0.25, 0.3) is 0 Å². The monoisotopic (exact) mass is 118 g/mol. The first-order chi connectivity index (χ1) is 3.68. The number of nitrogens with two attached hydrogens (primary N) is 1. The van der Waals surface area contributed by atoms with Crippen molar-refractivity contribution in [1.82, 2.24) is 5.06 Å². The zero-order chi connectivity index (χ0) is 6.57. The van der Waals surface area contributed by atoms with Gasteiger partial charge in [-0.1, -0.05) is 6.92 Å². The van der Waals surface area contributed by atoms with Gasteiger partial charge in [0.05, 0.1) is 0 Å². The van der Waals surface area contributed by atoms with Crippen LogP contribution in [0, 0.1) is 0 Å². The zero-order valence-electron chi connectivity index (χ0n) is 4.79. The first kappa shape index (κ1) is 7.23. The lowest BCUT2D eigenvalue weighted by Gasteiger charge is -2.08. The second-order valence-corrected chi connectivity index (χ2v) is 1.46. The van der Waals surface area contributed by atoms with Crippen molar-refractivity contribution < 1.29 is 10.0 Å². The van der Waals surface area contributed by atoms with Crippen LogP contribution in [0.2, 0.25) is 0 Å². The highest BCUT2D eigenvalue weighted by Gasteiger charge is 2.00. The number of hydroxylamine groups is 2. The summed E-state index contributed by atoms with van der Waals surface area (Å²) < 4.78 is 0. The summed E-state index contributed by atoms with van der Waals surface area (Å²) in [5.74, 6) is 0. The van der Waals surface area contributed by atoms with Gasteiger partial charge in [0.15, 0.2) is 0 Å². The Kier molecular flexibility index (Phi) is 2.95. The standard InChI is InChI=1S/C4H10N2O2/c1-2-3-6(8)4(5)7/h8H,2-3H2,1H3,(H2,5,7). The van der Waals surface area contributed by atoms with E-state index in [1.165, 1.54) is 0 Å². The molecule has 0 rings (SSSR count). The molecule has 48 valence electrons. The number of nitrogens with zero attached hydrogens (tertiary/aromatic N) is 1. The Morgan fingerprint density at radius 1 is 1.88 bits per heavy atom. The minimum Gasteiger partial charge on any atom is -0.350 e. The molecule has 0 aromatic heterocycles. The molecule has 0 fully saturated rings. The maximum Gasteiger partial charge on any atom is 0.338 e. The number of carbonyl (C=O) groups excluding carboxylic acids is 1. The van der Waals surface area contributed by atoms with Crippen molar-refractivity contribution in [3.8, 4) is 0 Å². The molecule has 0 aliphatic rings. The van der Waals surface area contributed by atoms with Crippen molar-refractivity contribution in [3.05, 3.63) is 0 Å². The molecule has 0 unspecified atom stereocenters. The molecule has 4 nitrogen and oxygen atoms in total. The molecule has 0 radical (unpaired) electrons. The van der Waals surface area contributed by atoms with E-state index in [-0.39, 0.29) is 0 Å². The lowest BCUT2D eigenvalue weighted by Crippen LogP contribution is -2.32. The lowest BCUT2D eigenvalue weighted by atomic mass is 10.5. The summed E-state index contributed by atoms with van der Waals surface area (Å²) in [6.45, 7) is 2.14. The Bertz CT molecular complexity index is 84.1. The summed E-state index contributed by atoms with van der Waals surface area (Å²) in [6.07, 6.45) is 0.708. The maximum absolute atomic E-state index is 9.99. The summed E-state index contributed by atoms with van der Waals surface area (Å²) in [5.41, 5.74) is 4.66. The number of carbonyl (C=O) groups is 1. The molecule has 0 atom stereocenters. The Balaban J connectivity index is 3.32. The number of urea groups is 1. The van der Waals surface area contributed by atoms with Crippen LogP contribution in [-0.2, 0) is 0 Å². The van der Waals surface area contributed by atoms with Gasteiger partial charge in [-0.15, -0.1) is 0 Å². The molecular formula is C4H10N2O2. The highest BCUT2D eigenvalue weighted by Crippen LogP contribution is 1.82. The second-order valence-electron chi connectivity index (χ2n) is 1.46. The highest BCUT2D eigenvalue weighted by molar-refractivity contribution is 5.70. The van der Waals surface area contributed by atoms with Gasteiger partial charge in [-0.05, 0) is 6.42 Å². The fraction of sp³-hybridized carbons (Fsp3) is 0.750. The van der Waals surface area contributed by atoms with Crippen LogP contribution in [0.25, 0.3) is 0 Å². The van der Waals surface area contributed by atoms with E-state index < -0.39 is 6.03 Å². The minimum atomic E-state index is -0.799. The Labute approximate surface area is 47.8 Å². The Morgan fingerprint density at radius 2 is 2.38 bits per heavy atom. The SMILES string of the molecule is CCCN(O)C(N)=O. The number of amides is 2. The quantitative estimate of drug-likeness (QED) is 0.401. The van der Waals surface area contributed by atoms with Crippen LogP contribution in [0.3, 0.4) is 0 Å². The van der Waals surface area contributed by atoms with Gasteiger partial charge >= 0.3 is 6.03 Å². The smallest absolute Gasteiger partial charge is 0.338 e. The summed E-state index contributed by atoms with van der Waals surface area (Å²) >= 11 is 0. The van der Waals surface area contributed by atoms with Gasteiger partial charge in [-0.3, -0.25) is 5.21 Å². The van der Waals surface area contributed by atoms with Crippen LogP contribution in [0.1, 0.15) is 13.3 Å². The normalized spacial score (nSPS) is 8.75. The molecule has 0 aromatic carbocycles. The van der Waals surface area contributed by atoms with E-state index in [1.807, 2.05) is 6.92 Å². The molecule has 0 heterocycles. The van der Waals surface area contributed by atoms with E-state index in [4.69, 9.17) is 5.21 Å². The van der Waals surface area contributed by atoms with Crippen molar-refractivity contribution in [3.63, 3.8) is 0 Å². The third-order valence-electron chi connectivity index (χ3n) is 0.690. The van der Waals surface area contributed by atoms with Gasteiger partial charge in [0, 0.05) is 6.54 Å². The highest BCUT2D eigenvalue weighted by atomic mass is 16.5. The predicted octanol–water partition coefficient (Wildman–Crippen LogP) is 0.166. The average molecular weight is 118 g/mol. The lowest BCUT2D eigenvalue weighted by molar-refractivity contribution is -0.0389. The van der Waals surface area contributed by atoms with Crippen molar-refractivity contribution in [2.75, 3.05) is 6.54 Å². The van der Waals surface area contributed by atoms with Crippen LogP contribution < -0.4 is 5.73 Å². The first-order valence-electron chi connectivity index (χ1n) is 2.44. The predicted molar refractivity (Wildman–Crippen MR) is 28.4 cm³/mol. The van der Waals surface area contributed by atoms with Gasteiger partial charge in [0.1, 0.15) is 0 Å². The largest absolute Gasteiger partial charge is 0.350 e. The molecule has 0 aromatic rings. The summed E-state index contributed by atoms with van der Waals surface area (Å²) in [6, 6.07) is -0.799. The van der Waals surface area contributed by atoms with Crippen LogP contribution in [0.4, 0.5) is 4.79 Å². The average Bonchev–Trinajstić information content (AvgIpc) is 1.67. The van der Waals surface area contributed by atoms with Crippen molar-refractivity contribution in [2.24, 2.45) is 5.73 Å². The van der Waals surface area contributed by atoms with Gasteiger partial charge in [0.2, 0.25) is 0 Å². The molecule has 2 amide bonds. The molecule has 0 saturated carbocycles. The Morgan fingerprint density at radius 3 is 2.50 bits per heavy atom. The van der Waals surface area contributed by atoms with Gasteiger partial charge in [-0.25, -0.2) is 9.86 Å². The zero-order valence-corrected chi connectivity index (χ0v) is 4.79. The topological polar surface area (TPSA) is 66.6 Å². The van der Waals surface area contributed by atoms with Crippen LogP contribution in [0.15, 0.2) is 0 Å². The van der Waals surface area contributed by atoms with Gasteiger partial charge in [-0.2, -0.15) is 0 Å². The summed E-state index contributed by atoms with van der Waals surface area (Å²) in [5, 5.41) is 8.97. The van der Waals surface area contributed by atoms with Gasteiger partial charge < -0.3 is 5.73 Å². The van der Waals surface area contributed by atoms with E-state index in [1.54, 1.807) is 0 Å². The van der Waals surface area contributed by atoms with E-state index >= 15 is 0 Å². The van der Waals surface area contributed by atoms with Crippen molar-refractivity contribution in [2.45, 2.75) is 13.3 Å². The third-order valence-corrected chi connectivity index (χ3v) is 0.690. The van der Waals surface area contributed by atoms with E-state index in [0.717, 1.165) is 0 Å². The molecular weight excluding hydrogens is 108 g/mol. The maximum atomic E-state index is 9.99. The Hall–Kier alpha value is -0.770. The third kappa shape index (κ3) is 2.41. The van der Waals surface area contributed by atoms with Crippen molar-refractivity contribution in [1.29, 1.82) is 0 Å². The number of hydrogen-bond acceptors (Lipinski definition) is 2. The van der Waals surface area contributed by atoms with Crippen molar-refractivity contribution >= 4 is 6.03 Å². The number of hydrogen-bond donors (Lipinski definition) is 2. The van der Waals surface area contributed by atoms with Crippen LogP contribution >= 0.6 is 0 Å². The van der Waals surface area contributed by atoms with Crippen LogP contribution in [0.5, 0.6) is 0 Å². The fourth-order valence-corrected chi connectivity index (χ4v) is 0.322. The van der Waals surface area contributed by atoms with E-state index in [2.05, 4.69) is 5.73 Å². The molecule has 3 N–H and O–H groups in total. The molecule has 0 saturated heterocycles. The minimum absolute atomic E-state index is 0.301. The van der Waals surface area contributed by atoms with E-state index in [9.17, 15) is 4.79 Å². The molecule has 0 spiro atoms. The summed E-state index contributed by atoms with van der Waals surface area (Å²) in [7, 11) is 0. The molecule has 0 aliphatic heterocycles. The number of rotatable bonds is 2.